The van der Waals surface area contributed by atoms with Crippen molar-refractivity contribution in [2.45, 2.75) is 51.0 Å². The first-order chi connectivity index (χ1) is 15.7. The summed E-state index contributed by atoms with van der Waals surface area (Å²) < 4.78 is 16.9. The molecule has 0 bridgehead atoms. The van der Waals surface area contributed by atoms with Crippen LogP contribution in [0.15, 0.2) is 58.1 Å². The summed E-state index contributed by atoms with van der Waals surface area (Å²) in [6.07, 6.45) is 5.50. The Balaban J connectivity index is 1.26. The van der Waals surface area contributed by atoms with E-state index >= 15 is 0 Å². The van der Waals surface area contributed by atoms with Crippen molar-refractivity contribution < 1.29 is 13.9 Å². The van der Waals surface area contributed by atoms with Gasteiger partial charge in [-0.1, -0.05) is 30.3 Å². The van der Waals surface area contributed by atoms with Gasteiger partial charge in [0.25, 0.3) is 0 Å². The number of rotatable bonds is 9. The zero-order chi connectivity index (χ0) is 22.1. The number of aliphatic imine (C=N–C) groups is 1. The third kappa shape index (κ3) is 7.08. The van der Waals surface area contributed by atoms with E-state index in [2.05, 4.69) is 45.9 Å². The third-order valence-electron chi connectivity index (χ3n) is 6.16. The van der Waals surface area contributed by atoms with E-state index in [-0.39, 0.29) is 0 Å². The van der Waals surface area contributed by atoms with Gasteiger partial charge in [0.1, 0.15) is 5.76 Å². The molecule has 2 aromatic rings. The molecule has 0 saturated carbocycles. The molecule has 0 radical (unpaired) electrons. The molecule has 0 spiro atoms. The maximum Gasteiger partial charge on any atom is 0.191 e. The lowest BCUT2D eigenvalue weighted by atomic mass is 10.0. The quantitative estimate of drug-likeness (QED) is 0.461. The average molecular weight is 441 g/mol. The smallest absolute Gasteiger partial charge is 0.191 e. The van der Waals surface area contributed by atoms with Gasteiger partial charge in [-0.2, -0.15) is 0 Å². The Labute approximate surface area is 191 Å². The van der Waals surface area contributed by atoms with E-state index in [9.17, 15) is 0 Å². The Morgan fingerprint density at radius 2 is 1.88 bits per heavy atom. The van der Waals surface area contributed by atoms with Crippen LogP contribution in [0, 0.1) is 0 Å². The number of guanidine groups is 1. The first-order valence-electron chi connectivity index (χ1n) is 11.8. The van der Waals surface area contributed by atoms with E-state index in [1.165, 1.54) is 5.56 Å². The molecule has 0 aliphatic carbocycles. The first kappa shape index (κ1) is 22.8. The molecule has 0 amide bonds. The number of nitrogens with zero attached hydrogens (tertiary/aromatic N) is 2. The van der Waals surface area contributed by atoms with Crippen LogP contribution in [0.1, 0.15) is 37.5 Å². The van der Waals surface area contributed by atoms with Crippen LogP contribution in [0.5, 0.6) is 0 Å². The summed E-state index contributed by atoms with van der Waals surface area (Å²) in [7, 11) is 0. The SMILES string of the molecule is CC1(CCN=C(NCCc2ccco2)NC2CCN(Cc3ccccc3)CC2)OCCO1. The molecule has 2 saturated heterocycles. The monoisotopic (exact) mass is 440 g/mol. The number of piperidine rings is 1. The standard InChI is InChI=1S/C25H36N4O3/c1-25(31-18-19-32-25)12-14-27-24(26-13-9-23-8-5-17-30-23)28-22-10-15-29(16-11-22)20-21-6-3-2-4-7-21/h2-8,17,22H,9-16,18-20H2,1H3,(H2,26,27,28). The summed E-state index contributed by atoms with van der Waals surface area (Å²) in [5.41, 5.74) is 1.38. The minimum Gasteiger partial charge on any atom is -0.469 e. The van der Waals surface area contributed by atoms with Crippen LogP contribution in [0.3, 0.4) is 0 Å². The van der Waals surface area contributed by atoms with Gasteiger partial charge in [-0.05, 0) is 37.5 Å². The van der Waals surface area contributed by atoms with Crippen LogP contribution in [-0.4, -0.2) is 62.1 Å². The van der Waals surface area contributed by atoms with Gasteiger partial charge in [-0.15, -0.1) is 0 Å². The van der Waals surface area contributed by atoms with Crippen molar-refractivity contribution in [2.75, 3.05) is 39.4 Å². The lowest BCUT2D eigenvalue weighted by Gasteiger charge is -2.33. The molecule has 2 aliphatic heterocycles. The van der Waals surface area contributed by atoms with Gasteiger partial charge < -0.3 is 24.5 Å². The molecule has 2 N–H and O–H groups in total. The lowest BCUT2D eigenvalue weighted by molar-refractivity contribution is -0.144. The minimum atomic E-state index is -0.508. The van der Waals surface area contributed by atoms with Crippen molar-refractivity contribution in [3.63, 3.8) is 0 Å². The third-order valence-corrected chi connectivity index (χ3v) is 6.16. The molecule has 32 heavy (non-hydrogen) atoms. The summed E-state index contributed by atoms with van der Waals surface area (Å²) in [6.45, 7) is 7.94. The summed E-state index contributed by atoms with van der Waals surface area (Å²) in [4.78, 5) is 7.35. The van der Waals surface area contributed by atoms with Gasteiger partial charge in [-0.25, -0.2) is 0 Å². The van der Waals surface area contributed by atoms with Gasteiger partial charge in [-0.3, -0.25) is 9.89 Å². The van der Waals surface area contributed by atoms with Crippen LogP contribution in [-0.2, 0) is 22.4 Å². The molecule has 7 heteroatoms. The fraction of sp³-hybridized carbons (Fsp3) is 0.560. The summed E-state index contributed by atoms with van der Waals surface area (Å²) >= 11 is 0. The topological polar surface area (TPSA) is 71.3 Å². The van der Waals surface area contributed by atoms with Crippen molar-refractivity contribution in [1.82, 2.24) is 15.5 Å². The second kappa shape index (κ2) is 11.5. The number of nitrogens with one attached hydrogen (secondary N) is 2. The molecule has 0 atom stereocenters. The largest absolute Gasteiger partial charge is 0.469 e. The van der Waals surface area contributed by atoms with Crippen LogP contribution in [0.25, 0.3) is 0 Å². The van der Waals surface area contributed by atoms with E-state index in [1.807, 2.05) is 19.1 Å². The van der Waals surface area contributed by atoms with E-state index < -0.39 is 5.79 Å². The Bertz CT molecular complexity index is 811. The maximum atomic E-state index is 5.71. The Kier molecular flexibility index (Phi) is 8.20. The molecule has 2 fully saturated rings. The zero-order valence-electron chi connectivity index (χ0n) is 19.1. The van der Waals surface area contributed by atoms with Crippen LogP contribution in [0.2, 0.25) is 0 Å². The molecule has 1 aromatic heterocycles. The zero-order valence-corrected chi connectivity index (χ0v) is 19.1. The van der Waals surface area contributed by atoms with Crippen LogP contribution >= 0.6 is 0 Å². The van der Waals surface area contributed by atoms with Gasteiger partial charge in [0.05, 0.1) is 19.5 Å². The lowest BCUT2D eigenvalue weighted by Crippen LogP contribution is -2.49. The van der Waals surface area contributed by atoms with E-state index in [1.54, 1.807) is 6.26 Å². The fourth-order valence-electron chi connectivity index (χ4n) is 4.25. The number of likely N-dealkylation sites (tertiary alicyclic amines) is 1. The summed E-state index contributed by atoms with van der Waals surface area (Å²) in [5, 5.41) is 7.14. The first-order valence-corrected chi connectivity index (χ1v) is 11.8. The summed E-state index contributed by atoms with van der Waals surface area (Å²) in [5.74, 6) is 1.33. The molecule has 3 heterocycles. The highest BCUT2D eigenvalue weighted by Crippen LogP contribution is 2.22. The maximum absolute atomic E-state index is 5.71. The molecule has 174 valence electrons. The molecule has 7 nitrogen and oxygen atoms in total. The van der Waals surface area contributed by atoms with Gasteiger partial charge >= 0.3 is 0 Å². The van der Waals surface area contributed by atoms with Crippen molar-refractivity contribution in [2.24, 2.45) is 4.99 Å². The molecule has 1 aromatic carbocycles. The highest BCUT2D eigenvalue weighted by Gasteiger charge is 2.30. The Morgan fingerprint density at radius 1 is 1.09 bits per heavy atom. The fourth-order valence-corrected chi connectivity index (χ4v) is 4.25. The summed E-state index contributed by atoms with van der Waals surface area (Å²) in [6, 6.07) is 15.1. The number of furan rings is 1. The van der Waals surface area contributed by atoms with Crippen LogP contribution in [0.4, 0.5) is 0 Å². The molecular formula is C25H36N4O3. The van der Waals surface area contributed by atoms with Crippen molar-refractivity contribution in [3.05, 3.63) is 60.1 Å². The Hall–Kier alpha value is -2.35. The van der Waals surface area contributed by atoms with Crippen molar-refractivity contribution >= 4 is 5.96 Å². The molecule has 4 rings (SSSR count). The van der Waals surface area contributed by atoms with E-state index in [0.717, 1.165) is 63.6 Å². The highest BCUT2D eigenvalue weighted by atomic mass is 16.7. The number of hydrogen-bond donors (Lipinski definition) is 2. The Morgan fingerprint density at radius 3 is 2.59 bits per heavy atom. The number of benzene rings is 1. The second-order valence-corrected chi connectivity index (χ2v) is 8.75. The van der Waals surface area contributed by atoms with Gasteiger partial charge in [0, 0.05) is 51.6 Å². The van der Waals surface area contributed by atoms with Gasteiger partial charge in [0.2, 0.25) is 0 Å². The predicted molar refractivity (Wildman–Crippen MR) is 126 cm³/mol. The number of hydrogen-bond acceptors (Lipinski definition) is 5. The number of ether oxygens (including phenoxy) is 2. The molecule has 0 unspecified atom stereocenters. The predicted octanol–water partition coefficient (Wildman–Crippen LogP) is 3.18. The van der Waals surface area contributed by atoms with Crippen LogP contribution < -0.4 is 10.6 Å². The van der Waals surface area contributed by atoms with E-state index in [0.29, 0.717) is 25.8 Å². The average Bonchev–Trinajstić information content (AvgIpc) is 3.48. The second-order valence-electron chi connectivity index (χ2n) is 8.75. The van der Waals surface area contributed by atoms with Crippen molar-refractivity contribution in [3.8, 4) is 0 Å². The van der Waals surface area contributed by atoms with E-state index in [4.69, 9.17) is 18.9 Å². The minimum absolute atomic E-state index is 0.423. The molecular weight excluding hydrogens is 404 g/mol. The molecule has 2 aliphatic rings. The van der Waals surface area contributed by atoms with Gasteiger partial charge in [0.15, 0.2) is 11.7 Å². The highest BCUT2D eigenvalue weighted by molar-refractivity contribution is 5.80. The normalized spacial score (nSPS) is 19.8. The van der Waals surface area contributed by atoms with Crippen molar-refractivity contribution in [1.29, 1.82) is 0 Å².